The Labute approximate surface area is 157 Å². The van der Waals surface area contributed by atoms with E-state index in [9.17, 15) is 18.0 Å². The minimum absolute atomic E-state index is 0.0259. The molecular weight excluding hydrogens is 373 g/mol. The van der Waals surface area contributed by atoms with Crippen molar-refractivity contribution in [2.45, 2.75) is 31.0 Å². The number of aromatic nitrogens is 5. The van der Waals surface area contributed by atoms with Crippen molar-refractivity contribution in [3.63, 3.8) is 0 Å². The molecule has 0 radical (unpaired) electrons. The number of carbonyl (C=O) groups excluding carboxylic acids is 1. The van der Waals surface area contributed by atoms with Gasteiger partial charge in [0.2, 0.25) is 5.82 Å². The van der Waals surface area contributed by atoms with Gasteiger partial charge in [0.25, 0.3) is 5.91 Å². The number of hydrogen-bond acceptors (Lipinski definition) is 5. The zero-order chi connectivity index (χ0) is 19.7. The van der Waals surface area contributed by atoms with Crippen LogP contribution in [0.3, 0.4) is 0 Å². The number of nitrogens with zero attached hydrogens (tertiary/aromatic N) is 5. The molecule has 0 saturated heterocycles. The number of hydrogen-bond donors (Lipinski definition) is 1. The van der Waals surface area contributed by atoms with Crippen molar-refractivity contribution >= 4 is 5.91 Å². The van der Waals surface area contributed by atoms with Crippen LogP contribution in [0.25, 0.3) is 5.82 Å². The van der Waals surface area contributed by atoms with Gasteiger partial charge in [-0.15, -0.1) is 0 Å². The molecule has 1 fully saturated rings. The third kappa shape index (κ3) is 3.71. The number of alkyl halides is 3. The average Bonchev–Trinajstić information content (AvgIpc) is 3.18. The number of imidazole rings is 1. The van der Waals surface area contributed by atoms with E-state index in [1.165, 1.54) is 12.4 Å². The molecule has 0 aliphatic heterocycles. The van der Waals surface area contributed by atoms with E-state index in [-0.39, 0.29) is 17.8 Å². The van der Waals surface area contributed by atoms with Crippen LogP contribution in [0.5, 0.6) is 0 Å². The minimum atomic E-state index is -4.47. The molecule has 0 spiro atoms. The van der Waals surface area contributed by atoms with E-state index in [1.807, 2.05) is 0 Å². The highest BCUT2D eigenvalue weighted by Gasteiger charge is 2.36. The minimum Gasteiger partial charge on any atom is -0.347 e. The summed E-state index contributed by atoms with van der Waals surface area (Å²) < 4.78 is 40.0. The monoisotopic (exact) mass is 388 g/mol. The van der Waals surface area contributed by atoms with Crippen molar-refractivity contribution in [3.05, 3.63) is 66.4 Å². The molecule has 0 bridgehead atoms. The van der Waals surface area contributed by atoms with Crippen LogP contribution in [0.2, 0.25) is 0 Å². The molecule has 1 aliphatic carbocycles. The molecule has 1 aliphatic rings. The largest absolute Gasteiger partial charge is 0.433 e. The van der Waals surface area contributed by atoms with E-state index in [1.54, 1.807) is 35.4 Å². The second-order valence-corrected chi connectivity index (χ2v) is 6.52. The quantitative estimate of drug-likeness (QED) is 0.743. The van der Waals surface area contributed by atoms with Gasteiger partial charge >= 0.3 is 6.18 Å². The summed E-state index contributed by atoms with van der Waals surface area (Å²) in [5.41, 5.74) is -0.326. The van der Waals surface area contributed by atoms with E-state index >= 15 is 0 Å². The van der Waals surface area contributed by atoms with Crippen molar-refractivity contribution in [3.8, 4) is 5.82 Å². The maximum atomic E-state index is 12.8. The third-order valence-electron chi connectivity index (χ3n) is 4.63. The van der Waals surface area contributed by atoms with Gasteiger partial charge in [-0.2, -0.15) is 13.2 Å². The number of pyridine rings is 1. The maximum Gasteiger partial charge on any atom is 0.433 e. The van der Waals surface area contributed by atoms with E-state index in [4.69, 9.17) is 0 Å². The van der Waals surface area contributed by atoms with Crippen molar-refractivity contribution in [1.82, 2.24) is 29.8 Å². The van der Waals surface area contributed by atoms with Crippen LogP contribution >= 0.6 is 0 Å². The Balaban J connectivity index is 1.37. The van der Waals surface area contributed by atoms with Gasteiger partial charge in [-0.1, -0.05) is 0 Å². The molecule has 7 nitrogen and oxygen atoms in total. The molecule has 3 aromatic heterocycles. The van der Waals surface area contributed by atoms with Crippen molar-refractivity contribution in [1.29, 1.82) is 0 Å². The Kier molecular flexibility index (Phi) is 4.54. The summed E-state index contributed by atoms with van der Waals surface area (Å²) in [7, 11) is 0. The fourth-order valence-corrected chi connectivity index (χ4v) is 3.11. The van der Waals surface area contributed by atoms with Gasteiger partial charge in [0, 0.05) is 30.8 Å². The Bertz CT molecular complexity index is 983. The second-order valence-electron chi connectivity index (χ2n) is 6.52. The Morgan fingerprint density at radius 1 is 1.14 bits per heavy atom. The van der Waals surface area contributed by atoms with Crippen LogP contribution in [0, 0.1) is 0 Å². The maximum absolute atomic E-state index is 12.8. The number of amides is 1. The lowest BCUT2D eigenvalue weighted by atomic mass is 9.76. The topological polar surface area (TPSA) is 85.6 Å². The Hall–Kier alpha value is -3.30. The van der Waals surface area contributed by atoms with Crippen LogP contribution < -0.4 is 5.32 Å². The van der Waals surface area contributed by atoms with E-state index in [0.717, 1.165) is 6.07 Å². The van der Waals surface area contributed by atoms with E-state index < -0.39 is 17.8 Å². The molecule has 0 unspecified atom stereocenters. The van der Waals surface area contributed by atoms with Gasteiger partial charge in [-0.3, -0.25) is 14.3 Å². The van der Waals surface area contributed by atoms with Crippen LogP contribution in [0.1, 0.15) is 40.6 Å². The summed E-state index contributed by atoms with van der Waals surface area (Å²) in [6.07, 6.45) is 4.14. The lowest BCUT2D eigenvalue weighted by Crippen LogP contribution is -2.44. The summed E-state index contributed by atoms with van der Waals surface area (Å²) in [6.45, 7) is 0. The molecular formula is C18H15F3N6O. The molecule has 3 heterocycles. The first-order valence-corrected chi connectivity index (χ1v) is 8.55. The number of carbonyl (C=O) groups is 1. The van der Waals surface area contributed by atoms with Gasteiger partial charge in [0.15, 0.2) is 0 Å². The standard InChI is InChI=1S/C18H15F3N6O/c19-18(20,21)14-9-11(1-3-23-14)12-7-13(8-12)25-17(28)16-24-4-2-15(26-16)27-6-5-22-10-27/h1-6,9-10,12-13H,7-8H2,(H,25,28)/t12-,13-. The Morgan fingerprint density at radius 2 is 1.93 bits per heavy atom. The average molecular weight is 388 g/mol. The fraction of sp³-hybridized carbons (Fsp3) is 0.278. The number of rotatable bonds is 4. The summed E-state index contributed by atoms with van der Waals surface area (Å²) >= 11 is 0. The summed E-state index contributed by atoms with van der Waals surface area (Å²) in [4.78, 5) is 27.9. The zero-order valence-corrected chi connectivity index (χ0v) is 14.5. The molecule has 0 atom stereocenters. The normalized spacial score (nSPS) is 19.1. The molecule has 10 heteroatoms. The number of nitrogens with one attached hydrogen (secondary N) is 1. The van der Waals surface area contributed by atoms with Gasteiger partial charge in [0.05, 0.1) is 0 Å². The highest BCUT2D eigenvalue weighted by molar-refractivity contribution is 5.90. The fourth-order valence-electron chi connectivity index (χ4n) is 3.11. The zero-order valence-electron chi connectivity index (χ0n) is 14.5. The van der Waals surface area contributed by atoms with Crippen LogP contribution in [0.15, 0.2) is 49.3 Å². The highest BCUT2D eigenvalue weighted by atomic mass is 19.4. The van der Waals surface area contributed by atoms with Gasteiger partial charge in [-0.25, -0.2) is 15.0 Å². The smallest absolute Gasteiger partial charge is 0.347 e. The van der Waals surface area contributed by atoms with Gasteiger partial charge in [0.1, 0.15) is 17.8 Å². The predicted octanol–water partition coefficient (Wildman–Crippen LogP) is 2.75. The molecule has 1 saturated carbocycles. The van der Waals surface area contributed by atoms with Crippen molar-refractivity contribution in [2.75, 3.05) is 0 Å². The summed E-state index contributed by atoms with van der Waals surface area (Å²) in [6, 6.07) is 4.16. The van der Waals surface area contributed by atoms with E-state index in [0.29, 0.717) is 24.2 Å². The first-order chi connectivity index (χ1) is 13.4. The molecule has 144 valence electrons. The molecule has 1 N–H and O–H groups in total. The predicted molar refractivity (Wildman–Crippen MR) is 91.6 cm³/mol. The first-order valence-electron chi connectivity index (χ1n) is 8.55. The van der Waals surface area contributed by atoms with Crippen molar-refractivity contribution < 1.29 is 18.0 Å². The lowest BCUT2D eigenvalue weighted by molar-refractivity contribution is -0.141. The number of halogens is 3. The van der Waals surface area contributed by atoms with E-state index in [2.05, 4.69) is 25.3 Å². The molecule has 4 rings (SSSR count). The lowest BCUT2D eigenvalue weighted by Gasteiger charge is -2.36. The first kappa shape index (κ1) is 18.1. The highest BCUT2D eigenvalue weighted by Crippen LogP contribution is 2.38. The molecule has 3 aromatic rings. The third-order valence-corrected chi connectivity index (χ3v) is 4.63. The van der Waals surface area contributed by atoms with Gasteiger partial charge in [-0.05, 0) is 42.5 Å². The SMILES string of the molecule is O=C(N[C@H]1C[C@H](c2ccnc(C(F)(F)F)c2)C1)c1nccc(-n2ccnc2)n1. The Morgan fingerprint density at radius 3 is 2.64 bits per heavy atom. The van der Waals surface area contributed by atoms with Crippen LogP contribution in [0.4, 0.5) is 13.2 Å². The molecule has 28 heavy (non-hydrogen) atoms. The summed E-state index contributed by atoms with van der Waals surface area (Å²) in [5.74, 6) is 0.0715. The second kappa shape index (κ2) is 7.02. The van der Waals surface area contributed by atoms with Crippen molar-refractivity contribution in [2.24, 2.45) is 0 Å². The van der Waals surface area contributed by atoms with Crippen LogP contribution in [-0.2, 0) is 6.18 Å². The summed E-state index contributed by atoms with van der Waals surface area (Å²) in [5, 5.41) is 2.82. The molecule has 0 aromatic carbocycles. The van der Waals surface area contributed by atoms with Gasteiger partial charge < -0.3 is 5.32 Å². The molecule has 1 amide bonds. The van der Waals surface area contributed by atoms with Crippen LogP contribution in [-0.4, -0.2) is 36.5 Å².